The highest BCUT2D eigenvalue weighted by atomic mass is 16.7. The molecule has 1 saturated heterocycles. The number of aliphatic carboxylic acids is 1. The number of esters is 1. The lowest BCUT2D eigenvalue weighted by molar-refractivity contribution is -0.322. The number of carbonyl (C=O) groups is 2. The third-order valence-electron chi connectivity index (χ3n) is 11.1. The van der Waals surface area contributed by atoms with Crippen molar-refractivity contribution >= 4 is 11.9 Å². The Labute approximate surface area is 235 Å². The van der Waals surface area contributed by atoms with Crippen molar-refractivity contribution in [3.63, 3.8) is 0 Å². The molecule has 1 spiro atoms. The molecule has 40 heavy (non-hydrogen) atoms. The summed E-state index contributed by atoms with van der Waals surface area (Å²) >= 11 is 0. The van der Waals surface area contributed by atoms with Gasteiger partial charge in [-0.2, -0.15) is 0 Å². The summed E-state index contributed by atoms with van der Waals surface area (Å²) in [6, 6.07) is 0. The molecule has 5 aliphatic rings. The van der Waals surface area contributed by atoms with Crippen molar-refractivity contribution in [2.75, 3.05) is 6.61 Å². The fourth-order valence-corrected chi connectivity index (χ4v) is 9.35. The van der Waals surface area contributed by atoms with Crippen LogP contribution in [0.15, 0.2) is 12.2 Å². The summed E-state index contributed by atoms with van der Waals surface area (Å²) in [6.07, 6.45) is -3.01. The largest absolute Gasteiger partial charge is 0.481 e. The number of rotatable bonds is 7. The summed E-state index contributed by atoms with van der Waals surface area (Å²) < 4.78 is 17.8. The average Bonchev–Trinajstić information content (AvgIpc) is 3.06. The van der Waals surface area contributed by atoms with Gasteiger partial charge < -0.3 is 39.7 Å². The number of carbonyl (C=O) groups excluding carboxylic acids is 1. The van der Waals surface area contributed by atoms with Crippen LogP contribution in [-0.4, -0.2) is 87.0 Å². The second-order valence-electron chi connectivity index (χ2n) is 13.8. The van der Waals surface area contributed by atoms with Gasteiger partial charge in [0.2, 0.25) is 0 Å². The number of aliphatic hydroxyl groups excluding tert-OH is 4. The van der Waals surface area contributed by atoms with Gasteiger partial charge in [0, 0.05) is 11.8 Å². The van der Waals surface area contributed by atoms with Crippen LogP contribution in [0, 0.1) is 40.4 Å². The van der Waals surface area contributed by atoms with Gasteiger partial charge in [-0.05, 0) is 79.6 Å². The first kappa shape index (κ1) is 29.9. The van der Waals surface area contributed by atoms with Crippen LogP contribution in [0.4, 0.5) is 0 Å². The molecule has 0 unspecified atom stereocenters. The van der Waals surface area contributed by atoms with Crippen molar-refractivity contribution in [1.82, 2.24) is 0 Å². The van der Waals surface area contributed by atoms with Gasteiger partial charge in [-0.15, -0.1) is 0 Å². The lowest BCUT2D eigenvalue weighted by Gasteiger charge is -2.62. The van der Waals surface area contributed by atoms with Crippen LogP contribution in [-0.2, 0) is 23.8 Å². The summed E-state index contributed by atoms with van der Waals surface area (Å²) in [6.45, 7) is 9.47. The van der Waals surface area contributed by atoms with Crippen molar-refractivity contribution < 1.29 is 49.3 Å². The van der Waals surface area contributed by atoms with E-state index in [-0.39, 0.29) is 36.0 Å². The minimum Gasteiger partial charge on any atom is -0.481 e. The van der Waals surface area contributed by atoms with Gasteiger partial charge in [0.25, 0.3) is 0 Å². The van der Waals surface area contributed by atoms with Crippen molar-refractivity contribution in [2.45, 2.75) is 115 Å². The molecule has 0 aromatic carbocycles. The summed E-state index contributed by atoms with van der Waals surface area (Å²) in [5.74, 6) is -1.81. The van der Waals surface area contributed by atoms with Crippen molar-refractivity contribution in [2.24, 2.45) is 40.4 Å². The number of carboxylic acid groups (broad SMARTS) is 1. The van der Waals surface area contributed by atoms with Crippen LogP contribution in [0.2, 0.25) is 0 Å². The summed E-state index contributed by atoms with van der Waals surface area (Å²) in [4.78, 5) is 25.1. The second kappa shape index (κ2) is 10.9. The topological polar surface area (TPSA) is 163 Å². The Morgan fingerprint density at radius 1 is 1.12 bits per heavy atom. The first-order valence-electron chi connectivity index (χ1n) is 14.9. The van der Waals surface area contributed by atoms with E-state index in [2.05, 4.69) is 13.5 Å². The normalized spacial score (nSPS) is 48.4. The van der Waals surface area contributed by atoms with Gasteiger partial charge in [-0.1, -0.05) is 27.4 Å². The highest BCUT2D eigenvalue weighted by molar-refractivity contribution is 5.71. The summed E-state index contributed by atoms with van der Waals surface area (Å²) in [5.41, 5.74) is 0.162. The highest BCUT2D eigenvalue weighted by Crippen LogP contribution is 2.70. The Morgan fingerprint density at radius 3 is 2.50 bits per heavy atom. The van der Waals surface area contributed by atoms with Gasteiger partial charge in [-0.3, -0.25) is 9.59 Å². The molecule has 0 radical (unpaired) electrons. The molecular weight excluding hydrogens is 520 g/mol. The molecule has 0 aromatic rings. The molecule has 5 rings (SSSR count). The van der Waals surface area contributed by atoms with E-state index in [0.29, 0.717) is 18.8 Å². The summed E-state index contributed by atoms with van der Waals surface area (Å²) in [5, 5.41) is 52.8. The fraction of sp³-hybridized carbons (Fsp3) is 0.867. The third-order valence-corrected chi connectivity index (χ3v) is 11.1. The molecule has 4 saturated carbocycles. The third kappa shape index (κ3) is 4.82. The van der Waals surface area contributed by atoms with E-state index >= 15 is 0 Å². The predicted molar refractivity (Wildman–Crippen MR) is 142 cm³/mol. The van der Waals surface area contributed by atoms with E-state index in [0.717, 1.165) is 31.3 Å². The number of aliphatic hydroxyl groups is 4. The maximum absolute atomic E-state index is 12.6. The van der Waals surface area contributed by atoms with Crippen LogP contribution >= 0.6 is 0 Å². The Kier molecular flexibility index (Phi) is 8.18. The fourth-order valence-electron chi connectivity index (χ4n) is 9.35. The molecule has 10 nitrogen and oxygen atoms in total. The Bertz CT molecular complexity index is 999. The van der Waals surface area contributed by atoms with E-state index < -0.39 is 72.8 Å². The van der Waals surface area contributed by atoms with Gasteiger partial charge in [0.05, 0.1) is 24.7 Å². The molecular formula is C30H46O10. The highest BCUT2D eigenvalue weighted by Gasteiger charge is 2.67. The van der Waals surface area contributed by atoms with Crippen molar-refractivity contribution in [3.05, 3.63) is 12.2 Å². The molecule has 13 atom stereocenters. The van der Waals surface area contributed by atoms with Gasteiger partial charge >= 0.3 is 11.9 Å². The quantitative estimate of drug-likeness (QED) is 0.175. The van der Waals surface area contributed by atoms with E-state index in [9.17, 15) is 35.1 Å². The maximum Gasteiger partial charge on any atom is 0.306 e. The van der Waals surface area contributed by atoms with E-state index in [1.165, 1.54) is 0 Å². The zero-order valence-electron chi connectivity index (χ0n) is 23.8. The van der Waals surface area contributed by atoms with E-state index in [4.69, 9.17) is 14.2 Å². The van der Waals surface area contributed by atoms with E-state index in [1.807, 2.05) is 13.8 Å². The van der Waals surface area contributed by atoms with Gasteiger partial charge in [-0.25, -0.2) is 0 Å². The first-order chi connectivity index (χ1) is 18.8. The molecule has 226 valence electrons. The monoisotopic (exact) mass is 566 g/mol. The minimum atomic E-state index is -1.55. The molecule has 1 heterocycles. The number of hydrogen-bond acceptors (Lipinski definition) is 9. The first-order valence-corrected chi connectivity index (χ1v) is 14.9. The number of fused-ring (bicyclic) bond motifs is 3. The zero-order valence-corrected chi connectivity index (χ0v) is 23.8. The van der Waals surface area contributed by atoms with Gasteiger partial charge in [0.15, 0.2) is 12.4 Å². The van der Waals surface area contributed by atoms with Gasteiger partial charge in [0.1, 0.15) is 18.3 Å². The molecule has 10 heteroatoms. The van der Waals surface area contributed by atoms with Crippen LogP contribution < -0.4 is 0 Å². The maximum atomic E-state index is 12.6. The van der Waals surface area contributed by atoms with Crippen LogP contribution in [0.5, 0.6) is 0 Å². The van der Waals surface area contributed by atoms with Crippen molar-refractivity contribution in [3.8, 4) is 0 Å². The molecule has 0 aromatic heterocycles. The Balaban J connectivity index is 1.42. The lowest BCUT2D eigenvalue weighted by Crippen LogP contribution is -2.62. The van der Waals surface area contributed by atoms with Crippen molar-refractivity contribution in [1.29, 1.82) is 0 Å². The smallest absolute Gasteiger partial charge is 0.306 e. The van der Waals surface area contributed by atoms with Crippen LogP contribution in [0.25, 0.3) is 0 Å². The molecule has 1 aliphatic heterocycles. The molecule has 4 aliphatic carbocycles. The lowest BCUT2D eigenvalue weighted by atomic mass is 9.43. The molecule has 0 amide bonds. The SMILES string of the molecule is C=C1[C@H]2CC[C@H]3[C@]4(C)C[C@H](O[C@@H]5O[C@H](CO)[C@@H](O)[C@H](O)[C@H]5OC(=O)CC(C)C)C[C@@H](C(=O)O)[C@H]4CC[C@]3(C2)[C@H]1O. The predicted octanol–water partition coefficient (Wildman–Crippen LogP) is 2.01. The molecule has 2 bridgehead atoms. The number of hydrogen-bond donors (Lipinski definition) is 5. The standard InChI is InChI=1S/C30H46O10/c1-14(2)9-22(32)40-25-24(34)23(33)20(13-31)39-28(25)38-17-10-18(27(36)37)19-7-8-30-11-16(15(3)26(30)35)5-6-21(30)29(19,4)12-17/h14,16-21,23-26,28,31,33-35H,3,5-13H2,1-2,4H3,(H,36,37)/t16-,17+,18+,19+,20+,21-,23+,24-,25+,26-,28+,29+,30+/m0/s1. The molecule has 5 N–H and O–H groups in total. The van der Waals surface area contributed by atoms with Crippen LogP contribution in [0.1, 0.15) is 72.1 Å². The number of carboxylic acids is 1. The Hall–Kier alpha value is -1.56. The second-order valence-corrected chi connectivity index (χ2v) is 13.8. The Morgan fingerprint density at radius 2 is 1.85 bits per heavy atom. The average molecular weight is 567 g/mol. The number of ether oxygens (including phenoxy) is 3. The zero-order chi connectivity index (χ0) is 29.1. The van der Waals surface area contributed by atoms with Crippen LogP contribution in [0.3, 0.4) is 0 Å². The minimum absolute atomic E-state index is 0.00548. The summed E-state index contributed by atoms with van der Waals surface area (Å²) in [7, 11) is 0. The van der Waals surface area contributed by atoms with E-state index in [1.54, 1.807) is 0 Å². The molecule has 5 fully saturated rings.